The Bertz CT molecular complexity index is 680. The highest BCUT2D eigenvalue weighted by atomic mass is 16.5. The first-order valence-corrected chi connectivity index (χ1v) is 8.92. The number of carboxylic acids is 2. The summed E-state index contributed by atoms with van der Waals surface area (Å²) >= 11 is 0. The number of hydrogen-bond acceptors (Lipinski definition) is 6. The maximum atomic E-state index is 9.77. The third-order valence-corrected chi connectivity index (χ3v) is 3.83. The third-order valence-electron chi connectivity index (χ3n) is 3.83. The molecule has 0 amide bonds. The predicted octanol–water partition coefficient (Wildman–Crippen LogP) is 1.23. The van der Waals surface area contributed by atoms with Gasteiger partial charge < -0.3 is 30.1 Å². The summed E-state index contributed by atoms with van der Waals surface area (Å²) in [6.07, 6.45) is -4.52. The van der Waals surface area contributed by atoms with Crippen LogP contribution < -0.4 is 0 Å². The van der Waals surface area contributed by atoms with E-state index in [4.69, 9.17) is 25.2 Å². The fourth-order valence-corrected chi connectivity index (χ4v) is 2.26. The van der Waals surface area contributed by atoms with Gasteiger partial charge in [0, 0.05) is 6.54 Å². The van der Waals surface area contributed by atoms with Gasteiger partial charge in [-0.05, 0) is 25.2 Å². The van der Waals surface area contributed by atoms with E-state index in [0.29, 0.717) is 0 Å². The molecule has 0 aliphatic carbocycles. The van der Waals surface area contributed by atoms with Crippen LogP contribution in [0.5, 0.6) is 0 Å². The molecule has 158 valence electrons. The van der Waals surface area contributed by atoms with Crippen LogP contribution in [0.1, 0.15) is 17.2 Å². The van der Waals surface area contributed by atoms with Crippen LogP contribution in [0.2, 0.25) is 0 Å². The number of ether oxygens (including phenoxy) is 1. The largest absolute Gasteiger partial charge is 0.479 e. The van der Waals surface area contributed by atoms with Crippen molar-refractivity contribution in [2.75, 3.05) is 27.2 Å². The highest BCUT2D eigenvalue weighted by molar-refractivity contribution is 5.83. The molecule has 0 aliphatic rings. The van der Waals surface area contributed by atoms with Crippen LogP contribution in [0.3, 0.4) is 0 Å². The quantitative estimate of drug-likeness (QED) is 0.491. The van der Waals surface area contributed by atoms with E-state index in [9.17, 15) is 9.59 Å². The maximum Gasteiger partial charge on any atom is 0.335 e. The molecular weight excluding hydrogens is 378 g/mol. The van der Waals surface area contributed by atoms with Gasteiger partial charge in [-0.15, -0.1) is 0 Å². The zero-order valence-electron chi connectivity index (χ0n) is 16.4. The van der Waals surface area contributed by atoms with Crippen molar-refractivity contribution in [2.24, 2.45) is 0 Å². The van der Waals surface area contributed by atoms with Crippen LogP contribution in [0.25, 0.3) is 0 Å². The number of aliphatic carboxylic acids is 2. The van der Waals surface area contributed by atoms with Crippen molar-refractivity contribution in [2.45, 2.75) is 18.3 Å². The van der Waals surface area contributed by atoms with E-state index >= 15 is 0 Å². The summed E-state index contributed by atoms with van der Waals surface area (Å²) in [6, 6.07) is 20.8. The van der Waals surface area contributed by atoms with Crippen LogP contribution >= 0.6 is 0 Å². The van der Waals surface area contributed by atoms with Crippen LogP contribution in [0.15, 0.2) is 60.7 Å². The van der Waals surface area contributed by atoms with Gasteiger partial charge in [-0.2, -0.15) is 0 Å². The van der Waals surface area contributed by atoms with Crippen molar-refractivity contribution in [1.29, 1.82) is 0 Å². The lowest BCUT2D eigenvalue weighted by molar-refractivity contribution is -0.165. The van der Waals surface area contributed by atoms with Crippen LogP contribution in [0, 0.1) is 0 Å². The minimum absolute atomic E-state index is 0.0161. The van der Waals surface area contributed by atoms with Gasteiger partial charge in [0.2, 0.25) is 0 Å². The summed E-state index contributed by atoms with van der Waals surface area (Å²) in [4.78, 5) is 21.7. The van der Waals surface area contributed by atoms with Gasteiger partial charge >= 0.3 is 11.9 Å². The molecule has 0 fully saturated rings. The molecule has 8 nitrogen and oxygen atoms in total. The Morgan fingerprint density at radius 3 is 1.52 bits per heavy atom. The van der Waals surface area contributed by atoms with Crippen molar-refractivity contribution in [3.63, 3.8) is 0 Å². The summed E-state index contributed by atoms with van der Waals surface area (Å²) in [5.41, 5.74) is 2.40. The molecule has 2 aromatic rings. The minimum atomic E-state index is -2.27. The topological polar surface area (TPSA) is 128 Å². The van der Waals surface area contributed by atoms with Gasteiger partial charge in [0.1, 0.15) is 6.10 Å². The smallest absolute Gasteiger partial charge is 0.335 e. The molecule has 0 radical (unpaired) electrons. The lowest BCUT2D eigenvalue weighted by atomic mass is 10.0. The van der Waals surface area contributed by atoms with Crippen LogP contribution in [-0.4, -0.2) is 76.7 Å². The van der Waals surface area contributed by atoms with Crippen LogP contribution in [-0.2, 0) is 14.3 Å². The number of aliphatic hydroxyl groups is 2. The highest BCUT2D eigenvalue weighted by Crippen LogP contribution is 2.25. The second kappa shape index (κ2) is 12.6. The van der Waals surface area contributed by atoms with Crippen LogP contribution in [0.4, 0.5) is 0 Å². The van der Waals surface area contributed by atoms with Crippen molar-refractivity contribution in [3.05, 3.63) is 71.8 Å². The lowest BCUT2D eigenvalue weighted by Gasteiger charge is -2.20. The zero-order chi connectivity index (χ0) is 21.8. The number of carbonyl (C=O) groups is 2. The van der Waals surface area contributed by atoms with E-state index < -0.39 is 24.1 Å². The Labute approximate surface area is 169 Å². The van der Waals surface area contributed by atoms with Gasteiger partial charge in [0.25, 0.3) is 0 Å². The molecule has 0 saturated heterocycles. The first-order valence-electron chi connectivity index (χ1n) is 8.92. The summed E-state index contributed by atoms with van der Waals surface area (Å²) in [5, 5.41) is 32.5. The molecule has 2 aromatic carbocycles. The molecule has 2 unspecified atom stereocenters. The molecule has 29 heavy (non-hydrogen) atoms. The molecule has 0 aromatic heterocycles. The SMILES string of the molecule is CN(C)CCOC(c1ccccc1)c1ccccc1.O=C(O)C(O)C(O)C(=O)O. The van der Waals surface area contributed by atoms with E-state index in [1.807, 2.05) is 12.1 Å². The molecule has 0 saturated carbocycles. The molecule has 2 atom stereocenters. The number of carboxylic acid groups (broad SMARTS) is 2. The lowest BCUT2D eigenvalue weighted by Crippen LogP contribution is -2.39. The number of likely N-dealkylation sites (N-methyl/N-ethyl adjacent to an activating group) is 1. The van der Waals surface area contributed by atoms with E-state index in [1.165, 1.54) is 11.1 Å². The maximum absolute atomic E-state index is 9.77. The van der Waals surface area contributed by atoms with E-state index in [2.05, 4.69) is 67.5 Å². The van der Waals surface area contributed by atoms with E-state index in [-0.39, 0.29) is 6.10 Å². The average molecular weight is 405 g/mol. The first kappa shape index (κ1) is 24.3. The molecule has 0 aliphatic heterocycles. The van der Waals surface area contributed by atoms with E-state index in [1.54, 1.807) is 0 Å². The van der Waals surface area contributed by atoms with Crippen molar-refractivity contribution in [1.82, 2.24) is 4.90 Å². The number of benzene rings is 2. The number of aliphatic hydroxyl groups excluding tert-OH is 2. The second-order valence-corrected chi connectivity index (χ2v) is 6.44. The van der Waals surface area contributed by atoms with Crippen molar-refractivity contribution < 1.29 is 34.8 Å². The fourth-order valence-electron chi connectivity index (χ4n) is 2.26. The highest BCUT2D eigenvalue weighted by Gasteiger charge is 2.29. The van der Waals surface area contributed by atoms with Gasteiger partial charge in [-0.1, -0.05) is 60.7 Å². The van der Waals surface area contributed by atoms with Crippen molar-refractivity contribution >= 4 is 11.9 Å². The number of nitrogens with zero attached hydrogens (tertiary/aromatic N) is 1. The first-order chi connectivity index (χ1) is 13.7. The van der Waals surface area contributed by atoms with Gasteiger partial charge in [0.05, 0.1) is 6.61 Å². The minimum Gasteiger partial charge on any atom is -0.479 e. The molecule has 0 bridgehead atoms. The summed E-state index contributed by atoms with van der Waals surface area (Å²) < 4.78 is 6.08. The standard InChI is InChI=1S/C17H21NO.C4H6O6/c1-18(2)13-14-19-17(15-9-5-3-6-10-15)16-11-7-4-8-12-16;5-1(3(7)8)2(6)4(9)10/h3-12,17H,13-14H2,1-2H3;1-2,5-6H,(H,7,8)(H,9,10). The summed E-state index contributed by atoms with van der Waals surface area (Å²) in [6.45, 7) is 1.65. The molecular formula is C21H27NO7. The number of rotatable bonds is 9. The zero-order valence-corrected chi connectivity index (χ0v) is 16.4. The fraction of sp³-hybridized carbons (Fsp3) is 0.333. The Balaban J connectivity index is 0.000000359. The molecule has 4 N–H and O–H groups in total. The average Bonchev–Trinajstić information content (AvgIpc) is 2.71. The Kier molecular flexibility index (Phi) is 10.6. The molecule has 8 heteroatoms. The predicted molar refractivity (Wildman–Crippen MR) is 107 cm³/mol. The second-order valence-electron chi connectivity index (χ2n) is 6.44. The Hall–Kier alpha value is -2.78. The normalized spacial score (nSPS) is 12.8. The van der Waals surface area contributed by atoms with Gasteiger partial charge in [0.15, 0.2) is 12.2 Å². The van der Waals surface area contributed by atoms with Gasteiger partial charge in [-0.3, -0.25) is 0 Å². The van der Waals surface area contributed by atoms with Gasteiger partial charge in [-0.25, -0.2) is 9.59 Å². The van der Waals surface area contributed by atoms with Crippen molar-refractivity contribution in [3.8, 4) is 0 Å². The molecule has 0 heterocycles. The monoisotopic (exact) mass is 405 g/mol. The summed E-state index contributed by atoms with van der Waals surface area (Å²) in [5.74, 6) is -3.54. The number of hydrogen-bond donors (Lipinski definition) is 4. The molecule has 0 spiro atoms. The Morgan fingerprint density at radius 1 is 0.828 bits per heavy atom. The summed E-state index contributed by atoms with van der Waals surface area (Å²) in [7, 11) is 4.12. The Morgan fingerprint density at radius 2 is 1.21 bits per heavy atom. The van der Waals surface area contributed by atoms with E-state index in [0.717, 1.165) is 13.2 Å². The third kappa shape index (κ3) is 8.84. The molecule has 2 rings (SSSR count).